The highest BCUT2D eigenvalue weighted by Gasteiger charge is 2.27. The van der Waals surface area contributed by atoms with Crippen molar-refractivity contribution in [2.75, 3.05) is 19.7 Å². The van der Waals surface area contributed by atoms with Gasteiger partial charge in [-0.3, -0.25) is 4.79 Å². The number of nitrogens with zero attached hydrogens (tertiary/aromatic N) is 1. The standard InChI is InChI=1S/C18H25N3O3/c19-17(22)15-7-5-13(6-8-15)10-20-18(23)21-9-1-2-16(11-21)24-12-14-3-4-14/h5-8,14,16H,1-4,9-12H2,(H2,19,22)(H,20,23). The van der Waals surface area contributed by atoms with Gasteiger partial charge in [-0.25, -0.2) is 4.79 Å². The molecule has 2 fully saturated rings. The fourth-order valence-electron chi connectivity index (χ4n) is 2.89. The van der Waals surface area contributed by atoms with Crippen LogP contribution in [0, 0.1) is 5.92 Å². The van der Waals surface area contributed by atoms with Crippen LogP contribution in [0.2, 0.25) is 0 Å². The zero-order valence-corrected chi connectivity index (χ0v) is 13.9. The minimum absolute atomic E-state index is 0.0614. The second kappa shape index (κ2) is 7.66. The number of nitrogens with one attached hydrogen (secondary N) is 1. The Morgan fingerprint density at radius 3 is 2.62 bits per heavy atom. The Hall–Kier alpha value is -2.08. The van der Waals surface area contributed by atoms with E-state index >= 15 is 0 Å². The minimum Gasteiger partial charge on any atom is -0.376 e. The first kappa shape index (κ1) is 16.8. The molecule has 3 rings (SSSR count). The van der Waals surface area contributed by atoms with Gasteiger partial charge in [-0.05, 0) is 49.3 Å². The van der Waals surface area contributed by atoms with Crippen LogP contribution >= 0.6 is 0 Å². The molecule has 3 amide bonds. The average molecular weight is 331 g/mol. The molecule has 1 atom stereocenters. The fourth-order valence-corrected chi connectivity index (χ4v) is 2.89. The Morgan fingerprint density at radius 2 is 1.96 bits per heavy atom. The highest BCUT2D eigenvalue weighted by molar-refractivity contribution is 5.92. The Morgan fingerprint density at radius 1 is 1.21 bits per heavy atom. The molecule has 1 unspecified atom stereocenters. The van der Waals surface area contributed by atoms with Gasteiger partial charge in [0, 0.05) is 31.8 Å². The Labute approximate surface area is 142 Å². The van der Waals surface area contributed by atoms with E-state index in [2.05, 4.69) is 5.32 Å². The molecule has 1 aliphatic carbocycles. The summed E-state index contributed by atoms with van der Waals surface area (Å²) >= 11 is 0. The normalized spacial score (nSPS) is 20.7. The van der Waals surface area contributed by atoms with Crippen LogP contribution < -0.4 is 11.1 Å². The highest BCUT2D eigenvalue weighted by atomic mass is 16.5. The molecule has 0 aromatic heterocycles. The number of hydrogen-bond donors (Lipinski definition) is 2. The predicted molar refractivity (Wildman–Crippen MR) is 90.5 cm³/mol. The van der Waals surface area contributed by atoms with Crippen molar-refractivity contribution in [1.29, 1.82) is 0 Å². The van der Waals surface area contributed by atoms with Gasteiger partial charge < -0.3 is 20.7 Å². The molecule has 6 heteroatoms. The van der Waals surface area contributed by atoms with Crippen molar-refractivity contribution >= 4 is 11.9 Å². The molecule has 0 radical (unpaired) electrons. The van der Waals surface area contributed by atoms with Crippen LogP contribution in [0.5, 0.6) is 0 Å². The number of hydrogen-bond acceptors (Lipinski definition) is 3. The maximum absolute atomic E-state index is 12.3. The second-order valence-electron chi connectivity index (χ2n) is 6.71. The monoisotopic (exact) mass is 331 g/mol. The summed E-state index contributed by atoms with van der Waals surface area (Å²) in [5.41, 5.74) is 6.62. The number of amides is 3. The molecular weight excluding hydrogens is 306 g/mol. The summed E-state index contributed by atoms with van der Waals surface area (Å²) in [5, 5.41) is 2.93. The topological polar surface area (TPSA) is 84.7 Å². The van der Waals surface area contributed by atoms with E-state index in [9.17, 15) is 9.59 Å². The fraction of sp³-hybridized carbons (Fsp3) is 0.556. The summed E-state index contributed by atoms with van der Waals surface area (Å²) < 4.78 is 5.92. The SMILES string of the molecule is NC(=O)c1ccc(CNC(=O)N2CCCC(OCC3CC3)C2)cc1. The molecule has 24 heavy (non-hydrogen) atoms. The smallest absolute Gasteiger partial charge is 0.317 e. The van der Waals surface area contributed by atoms with Crippen LogP contribution in [0.15, 0.2) is 24.3 Å². The van der Waals surface area contributed by atoms with E-state index in [4.69, 9.17) is 10.5 Å². The summed E-state index contributed by atoms with van der Waals surface area (Å²) in [6.07, 6.45) is 4.75. The number of benzene rings is 1. The number of primary amides is 1. The van der Waals surface area contributed by atoms with Gasteiger partial charge in [0.2, 0.25) is 5.91 Å². The van der Waals surface area contributed by atoms with E-state index in [1.807, 2.05) is 4.90 Å². The van der Waals surface area contributed by atoms with Gasteiger partial charge in [-0.1, -0.05) is 12.1 Å². The molecule has 0 bridgehead atoms. The number of likely N-dealkylation sites (tertiary alicyclic amines) is 1. The summed E-state index contributed by atoms with van der Waals surface area (Å²) in [4.78, 5) is 25.2. The van der Waals surface area contributed by atoms with Crippen LogP contribution in [0.4, 0.5) is 4.79 Å². The number of ether oxygens (including phenoxy) is 1. The largest absolute Gasteiger partial charge is 0.376 e. The van der Waals surface area contributed by atoms with Crippen LogP contribution in [0.25, 0.3) is 0 Å². The summed E-state index contributed by atoms with van der Waals surface area (Å²) in [7, 11) is 0. The first-order chi connectivity index (χ1) is 11.6. The first-order valence-corrected chi connectivity index (χ1v) is 8.65. The first-order valence-electron chi connectivity index (χ1n) is 8.65. The highest BCUT2D eigenvalue weighted by Crippen LogP contribution is 2.29. The van der Waals surface area contributed by atoms with Crippen molar-refractivity contribution in [2.24, 2.45) is 11.7 Å². The average Bonchev–Trinajstić information content (AvgIpc) is 3.43. The zero-order valence-electron chi connectivity index (χ0n) is 13.9. The van der Waals surface area contributed by atoms with E-state index in [0.717, 1.165) is 37.5 Å². The van der Waals surface area contributed by atoms with E-state index < -0.39 is 5.91 Å². The molecule has 3 N–H and O–H groups in total. The number of rotatable bonds is 6. The van der Waals surface area contributed by atoms with Gasteiger partial charge in [-0.15, -0.1) is 0 Å². The number of carbonyl (C=O) groups excluding carboxylic acids is 2. The maximum atomic E-state index is 12.3. The maximum Gasteiger partial charge on any atom is 0.317 e. The van der Waals surface area contributed by atoms with Crippen molar-refractivity contribution in [3.05, 3.63) is 35.4 Å². The van der Waals surface area contributed by atoms with E-state index in [-0.39, 0.29) is 12.1 Å². The van der Waals surface area contributed by atoms with Crippen molar-refractivity contribution in [1.82, 2.24) is 10.2 Å². The lowest BCUT2D eigenvalue weighted by molar-refractivity contribution is 0.00454. The number of carbonyl (C=O) groups is 2. The van der Waals surface area contributed by atoms with Crippen molar-refractivity contribution < 1.29 is 14.3 Å². The van der Waals surface area contributed by atoms with Crippen molar-refractivity contribution in [2.45, 2.75) is 38.3 Å². The van der Waals surface area contributed by atoms with Crippen LogP contribution in [0.1, 0.15) is 41.6 Å². The number of piperidine rings is 1. The lowest BCUT2D eigenvalue weighted by Crippen LogP contribution is -2.47. The van der Waals surface area contributed by atoms with Crippen LogP contribution in [0.3, 0.4) is 0 Å². The van der Waals surface area contributed by atoms with E-state index in [1.165, 1.54) is 12.8 Å². The molecule has 1 saturated carbocycles. The summed E-state index contributed by atoms with van der Waals surface area (Å²) in [6, 6.07) is 6.89. The molecule has 130 valence electrons. The molecule has 1 saturated heterocycles. The predicted octanol–water partition coefficient (Wildman–Crippen LogP) is 1.89. The third-order valence-electron chi connectivity index (χ3n) is 4.61. The molecular formula is C18H25N3O3. The summed E-state index contributed by atoms with van der Waals surface area (Å²) in [6.45, 7) is 2.71. The molecule has 1 aliphatic heterocycles. The van der Waals surface area contributed by atoms with Gasteiger partial charge in [-0.2, -0.15) is 0 Å². The molecule has 1 aromatic carbocycles. The van der Waals surface area contributed by atoms with Gasteiger partial charge >= 0.3 is 6.03 Å². The molecule has 0 spiro atoms. The van der Waals surface area contributed by atoms with Crippen LogP contribution in [-0.4, -0.2) is 42.6 Å². The minimum atomic E-state index is -0.448. The number of urea groups is 1. The Balaban J connectivity index is 1.44. The lowest BCUT2D eigenvalue weighted by Gasteiger charge is -2.32. The van der Waals surface area contributed by atoms with Crippen molar-refractivity contribution in [3.8, 4) is 0 Å². The second-order valence-corrected chi connectivity index (χ2v) is 6.71. The quantitative estimate of drug-likeness (QED) is 0.835. The van der Waals surface area contributed by atoms with Gasteiger partial charge in [0.1, 0.15) is 0 Å². The molecule has 2 aliphatic rings. The molecule has 1 heterocycles. The lowest BCUT2D eigenvalue weighted by atomic mass is 10.1. The van der Waals surface area contributed by atoms with E-state index in [1.54, 1.807) is 24.3 Å². The van der Waals surface area contributed by atoms with Crippen molar-refractivity contribution in [3.63, 3.8) is 0 Å². The Bertz CT molecular complexity index is 584. The Kier molecular flexibility index (Phi) is 5.35. The summed E-state index contributed by atoms with van der Waals surface area (Å²) in [5.74, 6) is 0.300. The third-order valence-corrected chi connectivity index (χ3v) is 4.61. The van der Waals surface area contributed by atoms with Gasteiger partial charge in [0.05, 0.1) is 6.10 Å². The van der Waals surface area contributed by atoms with Gasteiger partial charge in [0.15, 0.2) is 0 Å². The number of nitrogens with two attached hydrogens (primary N) is 1. The van der Waals surface area contributed by atoms with Crippen LogP contribution in [-0.2, 0) is 11.3 Å². The van der Waals surface area contributed by atoms with Gasteiger partial charge in [0.25, 0.3) is 0 Å². The third kappa shape index (κ3) is 4.71. The van der Waals surface area contributed by atoms with E-state index in [0.29, 0.717) is 18.7 Å². The zero-order chi connectivity index (χ0) is 16.9. The molecule has 1 aromatic rings. The molecule has 6 nitrogen and oxygen atoms in total.